The standard InChI is InChI=1S/C23H29N4O/c1-15-18-8-7-17(28-5)13-16(18)14-19-21-20(26(2)22(15)19)9-11-25-23(21)27(3,4)12-6-10-24/h7-9,11,13-14H,6,10,12,24H2,1-5H3/q+1. The topological polar surface area (TPSA) is 53.1 Å². The van der Waals surface area contributed by atoms with Crippen LogP contribution in [0.4, 0.5) is 5.82 Å². The van der Waals surface area contributed by atoms with E-state index in [0.717, 1.165) is 24.5 Å². The molecule has 0 atom stereocenters. The number of hydrogen-bond donors (Lipinski definition) is 1. The number of methoxy groups -OCH3 is 1. The first-order valence-electron chi connectivity index (χ1n) is 9.77. The van der Waals surface area contributed by atoms with Gasteiger partial charge in [0.25, 0.3) is 0 Å². The van der Waals surface area contributed by atoms with Crippen LogP contribution in [0.15, 0.2) is 36.5 Å². The minimum atomic E-state index is 0.691. The summed E-state index contributed by atoms with van der Waals surface area (Å²) in [5.74, 6) is 1.97. The van der Waals surface area contributed by atoms with Gasteiger partial charge in [-0.25, -0.2) is 4.98 Å². The molecule has 2 aromatic carbocycles. The second-order valence-electron chi connectivity index (χ2n) is 8.12. The number of ether oxygens (including phenoxy) is 1. The average molecular weight is 378 g/mol. The highest BCUT2D eigenvalue weighted by atomic mass is 16.5. The van der Waals surface area contributed by atoms with E-state index >= 15 is 0 Å². The van der Waals surface area contributed by atoms with Crippen molar-refractivity contribution in [3.8, 4) is 5.75 Å². The summed E-state index contributed by atoms with van der Waals surface area (Å²) in [5, 5.41) is 4.93. The normalized spacial score (nSPS) is 12.4. The number of benzene rings is 2. The molecule has 0 radical (unpaired) electrons. The van der Waals surface area contributed by atoms with Gasteiger partial charge < -0.3 is 15.0 Å². The summed E-state index contributed by atoms with van der Waals surface area (Å²) in [5.41, 5.74) is 9.55. The largest absolute Gasteiger partial charge is 0.497 e. The molecular weight excluding hydrogens is 348 g/mol. The Kier molecular flexibility index (Phi) is 4.52. The first-order valence-corrected chi connectivity index (χ1v) is 9.77. The van der Waals surface area contributed by atoms with Crippen molar-refractivity contribution in [3.63, 3.8) is 0 Å². The molecule has 0 saturated carbocycles. The van der Waals surface area contributed by atoms with Crippen LogP contribution in [-0.2, 0) is 7.05 Å². The maximum atomic E-state index is 5.78. The van der Waals surface area contributed by atoms with Crippen LogP contribution in [0.25, 0.3) is 32.6 Å². The predicted molar refractivity (Wildman–Crippen MR) is 119 cm³/mol. The van der Waals surface area contributed by atoms with Crippen molar-refractivity contribution >= 4 is 38.4 Å². The number of rotatable bonds is 5. The Morgan fingerprint density at radius 1 is 1.14 bits per heavy atom. The predicted octanol–water partition coefficient (Wildman–Crippen LogP) is 4.11. The van der Waals surface area contributed by atoms with Gasteiger partial charge in [-0.3, -0.25) is 4.48 Å². The zero-order valence-corrected chi connectivity index (χ0v) is 17.4. The van der Waals surface area contributed by atoms with Crippen molar-refractivity contribution in [2.45, 2.75) is 13.3 Å². The van der Waals surface area contributed by atoms with Crippen molar-refractivity contribution in [1.82, 2.24) is 14.0 Å². The number of nitrogens with zero attached hydrogens (tertiary/aromatic N) is 3. The van der Waals surface area contributed by atoms with Crippen LogP contribution >= 0.6 is 0 Å². The lowest BCUT2D eigenvalue weighted by Gasteiger charge is -2.28. The van der Waals surface area contributed by atoms with Gasteiger partial charge in [-0.2, -0.15) is 0 Å². The summed E-state index contributed by atoms with van der Waals surface area (Å²) in [6.45, 7) is 3.85. The van der Waals surface area contributed by atoms with Gasteiger partial charge in [0.05, 0.1) is 44.2 Å². The molecule has 0 unspecified atom stereocenters. The van der Waals surface area contributed by atoms with E-state index in [1.807, 2.05) is 12.3 Å². The van der Waals surface area contributed by atoms with E-state index in [9.17, 15) is 0 Å². The van der Waals surface area contributed by atoms with Gasteiger partial charge in [-0.15, -0.1) is 0 Å². The van der Waals surface area contributed by atoms with Crippen LogP contribution in [0.2, 0.25) is 0 Å². The maximum absolute atomic E-state index is 5.78. The SMILES string of the molecule is COc1ccc2c(C)c3c(cc2c1)c1c([N+](C)(C)CCCN)nccc1n3C. The van der Waals surface area contributed by atoms with E-state index in [1.165, 1.54) is 38.1 Å². The summed E-state index contributed by atoms with van der Waals surface area (Å²) >= 11 is 0. The fourth-order valence-electron chi connectivity index (χ4n) is 4.46. The molecule has 5 heteroatoms. The maximum Gasteiger partial charge on any atom is 0.237 e. The molecule has 0 fully saturated rings. The molecule has 4 aromatic rings. The number of hydrogen-bond acceptors (Lipinski definition) is 3. The zero-order chi connectivity index (χ0) is 20.1. The van der Waals surface area contributed by atoms with Crippen molar-refractivity contribution in [1.29, 1.82) is 0 Å². The number of fused-ring (bicyclic) bond motifs is 4. The van der Waals surface area contributed by atoms with Crippen molar-refractivity contribution < 1.29 is 4.74 Å². The van der Waals surface area contributed by atoms with Gasteiger partial charge >= 0.3 is 0 Å². The van der Waals surface area contributed by atoms with Crippen molar-refractivity contribution in [2.75, 3.05) is 34.3 Å². The minimum absolute atomic E-state index is 0.691. The van der Waals surface area contributed by atoms with E-state index in [0.29, 0.717) is 11.0 Å². The Morgan fingerprint density at radius 3 is 2.64 bits per heavy atom. The highest BCUT2D eigenvalue weighted by Crippen LogP contribution is 2.40. The molecule has 0 bridgehead atoms. The Balaban J connectivity index is 2.12. The monoisotopic (exact) mass is 377 g/mol. The Labute approximate surface area is 165 Å². The molecule has 0 aliphatic rings. The zero-order valence-electron chi connectivity index (χ0n) is 17.4. The molecule has 5 nitrogen and oxygen atoms in total. The van der Waals surface area contributed by atoms with Crippen LogP contribution in [0.5, 0.6) is 5.75 Å². The third-order valence-electron chi connectivity index (χ3n) is 5.94. The fourth-order valence-corrected chi connectivity index (χ4v) is 4.46. The third kappa shape index (κ3) is 2.74. The minimum Gasteiger partial charge on any atom is -0.497 e. The lowest BCUT2D eigenvalue weighted by Crippen LogP contribution is -2.42. The van der Waals surface area contributed by atoms with Gasteiger partial charge in [0.1, 0.15) is 5.75 Å². The second-order valence-corrected chi connectivity index (χ2v) is 8.12. The molecule has 2 heterocycles. The van der Waals surface area contributed by atoms with E-state index in [4.69, 9.17) is 15.5 Å². The summed E-state index contributed by atoms with van der Waals surface area (Å²) in [7, 11) is 8.29. The molecule has 0 amide bonds. The molecule has 0 saturated heterocycles. The first kappa shape index (κ1) is 18.7. The van der Waals surface area contributed by atoms with Crippen LogP contribution in [-0.4, -0.2) is 43.8 Å². The van der Waals surface area contributed by atoms with Crippen LogP contribution in [0.3, 0.4) is 0 Å². The molecule has 0 aliphatic heterocycles. The fraction of sp³-hybridized carbons (Fsp3) is 0.348. The summed E-state index contributed by atoms with van der Waals surface area (Å²) in [6.07, 6.45) is 2.89. The number of quaternary nitrogens is 1. The molecule has 146 valence electrons. The van der Waals surface area contributed by atoms with Crippen LogP contribution in [0.1, 0.15) is 12.0 Å². The summed E-state index contributed by atoms with van der Waals surface area (Å²) < 4.78 is 8.47. The van der Waals surface area contributed by atoms with E-state index < -0.39 is 0 Å². The van der Waals surface area contributed by atoms with Gasteiger partial charge in [0, 0.05) is 25.1 Å². The van der Waals surface area contributed by atoms with Gasteiger partial charge in [0.15, 0.2) is 0 Å². The highest BCUT2D eigenvalue weighted by molar-refractivity contribution is 6.17. The van der Waals surface area contributed by atoms with Gasteiger partial charge in [-0.05, 0) is 54.1 Å². The lowest BCUT2D eigenvalue weighted by molar-refractivity contribution is 0.387. The van der Waals surface area contributed by atoms with E-state index in [2.05, 4.69) is 56.9 Å². The lowest BCUT2D eigenvalue weighted by atomic mass is 10.0. The number of pyridine rings is 1. The molecule has 2 N–H and O–H groups in total. The molecule has 4 rings (SSSR count). The Morgan fingerprint density at radius 2 is 1.93 bits per heavy atom. The average Bonchev–Trinajstić information content (AvgIpc) is 2.98. The van der Waals surface area contributed by atoms with Crippen LogP contribution < -0.4 is 15.0 Å². The quantitative estimate of drug-likeness (QED) is 0.533. The number of nitrogens with two attached hydrogens (primary N) is 1. The molecule has 2 aromatic heterocycles. The Hall–Kier alpha value is -2.63. The summed E-state index contributed by atoms with van der Waals surface area (Å²) in [6, 6.07) is 10.7. The van der Waals surface area contributed by atoms with E-state index in [-0.39, 0.29) is 0 Å². The van der Waals surface area contributed by atoms with Crippen molar-refractivity contribution in [3.05, 3.63) is 42.1 Å². The van der Waals surface area contributed by atoms with Gasteiger partial charge in [0.2, 0.25) is 5.82 Å². The van der Waals surface area contributed by atoms with Crippen LogP contribution in [0, 0.1) is 6.92 Å². The molecule has 0 aliphatic carbocycles. The molecule has 0 spiro atoms. The smallest absolute Gasteiger partial charge is 0.237 e. The Bertz CT molecular complexity index is 1190. The second kappa shape index (κ2) is 6.76. The van der Waals surface area contributed by atoms with Gasteiger partial charge in [-0.1, -0.05) is 6.07 Å². The summed E-state index contributed by atoms with van der Waals surface area (Å²) in [4.78, 5) is 4.83. The third-order valence-corrected chi connectivity index (χ3v) is 5.94. The van der Waals surface area contributed by atoms with Crippen molar-refractivity contribution in [2.24, 2.45) is 12.8 Å². The number of aryl methyl sites for hydroxylation is 2. The van der Waals surface area contributed by atoms with E-state index in [1.54, 1.807) is 7.11 Å². The molecule has 28 heavy (non-hydrogen) atoms. The highest BCUT2D eigenvalue weighted by Gasteiger charge is 2.27. The first-order chi connectivity index (χ1) is 13.4. The molecular formula is C23H29N4O+. The number of aromatic nitrogens is 2.